The largest absolute Gasteiger partial charge is 0.394 e. The van der Waals surface area contributed by atoms with Crippen LogP contribution in [0.15, 0.2) is 24.3 Å². The molecule has 0 saturated carbocycles. The summed E-state index contributed by atoms with van der Waals surface area (Å²) in [6, 6.07) is -0.806. The number of aliphatic hydroxyl groups is 3. The number of carbonyl (C=O) groups is 1. The molecule has 1 amide bonds. The molecule has 4 N–H and O–H groups in total. The number of allylic oxidation sites excluding steroid dienone is 4. The van der Waals surface area contributed by atoms with E-state index in [4.69, 9.17) is 0 Å². The molecular formula is C50H97NO4. The van der Waals surface area contributed by atoms with Gasteiger partial charge in [0.25, 0.3) is 0 Å². The smallest absolute Gasteiger partial charge is 0.220 e. The fourth-order valence-electron chi connectivity index (χ4n) is 7.72. The summed E-state index contributed by atoms with van der Waals surface area (Å²) in [5, 5.41) is 33.5. The van der Waals surface area contributed by atoms with Crippen molar-refractivity contribution in [1.29, 1.82) is 0 Å². The van der Waals surface area contributed by atoms with Crippen LogP contribution in [0.2, 0.25) is 0 Å². The Bertz CT molecular complexity index is 814. The molecule has 0 radical (unpaired) electrons. The van der Waals surface area contributed by atoms with Gasteiger partial charge in [0.2, 0.25) is 5.91 Å². The molecule has 0 rings (SSSR count). The number of hydrogen-bond acceptors (Lipinski definition) is 4. The molecule has 5 nitrogen and oxygen atoms in total. The summed E-state index contributed by atoms with van der Waals surface area (Å²) in [6.07, 6.45) is 56.1. The van der Waals surface area contributed by atoms with Crippen LogP contribution in [0.5, 0.6) is 0 Å². The Hall–Kier alpha value is -1.17. The van der Waals surface area contributed by atoms with E-state index >= 15 is 0 Å². The van der Waals surface area contributed by atoms with Crippen LogP contribution in [0, 0.1) is 0 Å². The van der Waals surface area contributed by atoms with Gasteiger partial charge >= 0.3 is 0 Å². The summed E-state index contributed by atoms with van der Waals surface area (Å²) in [4.78, 5) is 12.4. The van der Waals surface area contributed by atoms with E-state index in [1.807, 2.05) is 0 Å². The Morgan fingerprint density at radius 2 is 0.782 bits per heavy atom. The van der Waals surface area contributed by atoms with E-state index in [1.165, 1.54) is 193 Å². The van der Waals surface area contributed by atoms with Gasteiger partial charge in [-0.15, -0.1) is 0 Å². The highest BCUT2D eigenvalue weighted by Gasteiger charge is 2.26. The molecule has 0 bridgehead atoms. The highest BCUT2D eigenvalue weighted by Crippen LogP contribution is 2.17. The first-order valence-electron chi connectivity index (χ1n) is 24.6. The monoisotopic (exact) mass is 776 g/mol. The lowest BCUT2D eigenvalue weighted by atomic mass is 9.99. The molecule has 0 aromatic carbocycles. The van der Waals surface area contributed by atoms with Gasteiger partial charge in [-0.25, -0.2) is 0 Å². The second-order valence-corrected chi connectivity index (χ2v) is 17.0. The van der Waals surface area contributed by atoms with E-state index in [0.29, 0.717) is 12.8 Å². The molecule has 0 fully saturated rings. The number of carbonyl (C=O) groups excluding carboxylic acids is 1. The predicted octanol–water partition coefficient (Wildman–Crippen LogP) is 14.6. The standard InChI is InChI=1S/C50H97NO4/c1-3-5-7-9-11-13-15-16-17-18-19-20-21-22-23-24-25-26-27-28-29-30-31-32-33-34-35-37-39-41-43-45-49(54)51-47(46-52)50(55)48(53)44-42-40-38-36-14-12-10-8-6-4-2/h19-20,22-23,47-48,50,52-53,55H,3-18,21,24-46H2,1-2H3,(H,51,54)/b20-19-,23-22-. The molecule has 0 aromatic heterocycles. The summed E-state index contributed by atoms with van der Waals surface area (Å²) in [5.74, 6) is -0.144. The lowest BCUT2D eigenvalue weighted by Crippen LogP contribution is -2.50. The number of unbranched alkanes of at least 4 members (excludes halogenated alkanes) is 33. The topological polar surface area (TPSA) is 89.8 Å². The number of aliphatic hydroxyl groups excluding tert-OH is 3. The van der Waals surface area contributed by atoms with Gasteiger partial charge in [0.1, 0.15) is 6.10 Å². The summed E-state index contributed by atoms with van der Waals surface area (Å²) >= 11 is 0. The summed E-state index contributed by atoms with van der Waals surface area (Å²) in [5.41, 5.74) is 0. The Morgan fingerprint density at radius 3 is 1.15 bits per heavy atom. The second kappa shape index (κ2) is 45.5. The van der Waals surface area contributed by atoms with E-state index in [9.17, 15) is 20.1 Å². The van der Waals surface area contributed by atoms with Crippen molar-refractivity contribution in [3.8, 4) is 0 Å². The molecule has 55 heavy (non-hydrogen) atoms. The number of hydrogen-bond donors (Lipinski definition) is 4. The van der Waals surface area contributed by atoms with Gasteiger partial charge in [0, 0.05) is 6.42 Å². The van der Waals surface area contributed by atoms with Gasteiger partial charge in [-0.2, -0.15) is 0 Å². The Labute approximate surface area is 343 Å². The summed E-state index contributed by atoms with van der Waals surface area (Å²) in [6.45, 7) is 4.17. The molecule has 0 saturated heterocycles. The van der Waals surface area contributed by atoms with Crippen LogP contribution in [-0.2, 0) is 4.79 Å². The number of nitrogens with one attached hydrogen (secondary N) is 1. The van der Waals surface area contributed by atoms with Gasteiger partial charge in [-0.1, -0.05) is 237 Å². The van der Waals surface area contributed by atoms with Crippen LogP contribution in [0.25, 0.3) is 0 Å². The first kappa shape index (κ1) is 53.8. The SMILES string of the molecule is CCCCCCCCCCC/C=C\C/C=C\CCCCCCCCCCCCCCCCCC(=O)NC(CO)C(O)C(O)CCCCCCCCCCCC. The molecule has 3 atom stereocenters. The van der Waals surface area contributed by atoms with Gasteiger partial charge in [0.05, 0.1) is 18.8 Å². The minimum Gasteiger partial charge on any atom is -0.394 e. The quantitative estimate of drug-likeness (QED) is 0.0366. The molecule has 0 aromatic rings. The van der Waals surface area contributed by atoms with Crippen LogP contribution in [0.1, 0.15) is 264 Å². The fraction of sp³-hybridized carbons (Fsp3) is 0.900. The molecule has 0 heterocycles. The molecule has 0 aliphatic rings. The van der Waals surface area contributed by atoms with Crippen molar-refractivity contribution in [1.82, 2.24) is 5.32 Å². The maximum absolute atomic E-state index is 12.4. The average Bonchev–Trinajstić information content (AvgIpc) is 3.19. The molecule has 0 aliphatic carbocycles. The van der Waals surface area contributed by atoms with E-state index in [1.54, 1.807) is 0 Å². The molecular weight excluding hydrogens is 679 g/mol. The Balaban J connectivity index is 3.49. The molecule has 0 aliphatic heterocycles. The van der Waals surface area contributed by atoms with Crippen LogP contribution in [0.3, 0.4) is 0 Å². The van der Waals surface area contributed by atoms with Crippen molar-refractivity contribution in [2.24, 2.45) is 0 Å². The third kappa shape index (κ3) is 40.8. The minimum atomic E-state index is -1.13. The molecule has 3 unspecified atom stereocenters. The average molecular weight is 776 g/mol. The highest BCUT2D eigenvalue weighted by molar-refractivity contribution is 5.76. The van der Waals surface area contributed by atoms with E-state index in [-0.39, 0.29) is 12.5 Å². The normalized spacial score (nSPS) is 13.6. The van der Waals surface area contributed by atoms with Crippen molar-refractivity contribution in [3.63, 3.8) is 0 Å². The van der Waals surface area contributed by atoms with Gasteiger partial charge in [-0.3, -0.25) is 4.79 Å². The number of rotatable bonds is 45. The molecule has 5 heteroatoms. The van der Waals surface area contributed by atoms with E-state index in [0.717, 1.165) is 44.9 Å². The zero-order chi connectivity index (χ0) is 40.1. The van der Waals surface area contributed by atoms with Crippen molar-refractivity contribution in [2.75, 3.05) is 6.61 Å². The van der Waals surface area contributed by atoms with Crippen LogP contribution >= 0.6 is 0 Å². The number of amides is 1. The van der Waals surface area contributed by atoms with Gasteiger partial charge in [0.15, 0.2) is 0 Å². The third-order valence-electron chi connectivity index (χ3n) is 11.6. The van der Waals surface area contributed by atoms with E-state index < -0.39 is 18.2 Å². The maximum atomic E-state index is 12.4. The maximum Gasteiger partial charge on any atom is 0.220 e. The van der Waals surface area contributed by atoms with Gasteiger partial charge in [-0.05, 0) is 44.9 Å². The van der Waals surface area contributed by atoms with Crippen LogP contribution in [-0.4, -0.2) is 46.1 Å². The van der Waals surface area contributed by atoms with Crippen molar-refractivity contribution >= 4 is 5.91 Å². The zero-order valence-electron chi connectivity index (χ0n) is 37.1. The van der Waals surface area contributed by atoms with Crippen molar-refractivity contribution < 1.29 is 20.1 Å². The Kier molecular flexibility index (Phi) is 44.6. The highest BCUT2D eigenvalue weighted by atomic mass is 16.3. The van der Waals surface area contributed by atoms with Crippen molar-refractivity contribution in [2.45, 2.75) is 283 Å². The van der Waals surface area contributed by atoms with Crippen LogP contribution in [0.4, 0.5) is 0 Å². The predicted molar refractivity (Wildman–Crippen MR) is 241 cm³/mol. The summed E-state index contributed by atoms with van der Waals surface area (Å²) < 4.78 is 0. The summed E-state index contributed by atoms with van der Waals surface area (Å²) in [7, 11) is 0. The fourth-order valence-corrected chi connectivity index (χ4v) is 7.72. The van der Waals surface area contributed by atoms with E-state index in [2.05, 4.69) is 43.5 Å². The zero-order valence-corrected chi connectivity index (χ0v) is 37.1. The minimum absolute atomic E-state index is 0.144. The van der Waals surface area contributed by atoms with Gasteiger partial charge < -0.3 is 20.6 Å². The second-order valence-electron chi connectivity index (χ2n) is 17.0. The molecule has 0 spiro atoms. The Morgan fingerprint density at radius 1 is 0.455 bits per heavy atom. The molecule has 326 valence electrons. The first-order chi connectivity index (χ1) is 27.1. The third-order valence-corrected chi connectivity index (χ3v) is 11.6. The van der Waals surface area contributed by atoms with Crippen molar-refractivity contribution in [3.05, 3.63) is 24.3 Å². The first-order valence-corrected chi connectivity index (χ1v) is 24.6. The lowest BCUT2D eigenvalue weighted by molar-refractivity contribution is -0.124. The lowest BCUT2D eigenvalue weighted by Gasteiger charge is -2.26. The van der Waals surface area contributed by atoms with Crippen LogP contribution < -0.4 is 5.32 Å².